The van der Waals surface area contributed by atoms with E-state index in [1.165, 1.54) is 16.4 Å². The Labute approximate surface area is 242 Å². The Morgan fingerprint density at radius 2 is 1.74 bits per heavy atom. The first-order valence-corrected chi connectivity index (χ1v) is 14.3. The number of carboxylic acid groups (broad SMARTS) is 1. The lowest BCUT2D eigenvalue weighted by molar-refractivity contribution is -0.138. The number of carbonyl (C=O) groups is 1. The molecule has 0 radical (unpaired) electrons. The number of benzene rings is 2. The number of nitrogen functional groups attached to an aromatic ring is 1. The molecule has 0 spiro atoms. The average molecular weight is 570 g/mol. The third-order valence-corrected chi connectivity index (χ3v) is 8.43. The van der Waals surface area contributed by atoms with Crippen molar-refractivity contribution in [3.8, 4) is 16.9 Å². The molecule has 2 saturated heterocycles. The molecule has 0 atom stereocenters. The average Bonchev–Trinajstić information content (AvgIpc) is 3.38. The number of nitrogens with two attached hydrogens (primary N) is 1. The molecule has 0 amide bonds. The van der Waals surface area contributed by atoms with Crippen LogP contribution in [0.4, 0.5) is 33.3 Å². The van der Waals surface area contributed by atoms with Gasteiger partial charge in [0.2, 0.25) is 11.9 Å². The molecule has 2 fully saturated rings. The molecule has 4 N–H and O–H groups in total. The van der Waals surface area contributed by atoms with Crippen LogP contribution in [0.5, 0.6) is 0 Å². The van der Waals surface area contributed by atoms with Gasteiger partial charge in [-0.15, -0.1) is 5.10 Å². The van der Waals surface area contributed by atoms with Gasteiger partial charge >= 0.3 is 5.97 Å². The maximum absolute atomic E-state index is 15.2. The summed E-state index contributed by atoms with van der Waals surface area (Å²) in [6.07, 6.45) is 2.15. The van der Waals surface area contributed by atoms with E-state index in [0.717, 1.165) is 48.4 Å². The number of hydrogen-bond acceptors (Lipinski definition) is 9. The molecule has 42 heavy (non-hydrogen) atoms. The van der Waals surface area contributed by atoms with Crippen molar-refractivity contribution in [3.05, 3.63) is 66.1 Å². The van der Waals surface area contributed by atoms with E-state index >= 15 is 4.39 Å². The summed E-state index contributed by atoms with van der Waals surface area (Å²) >= 11 is 0. The summed E-state index contributed by atoms with van der Waals surface area (Å²) in [5.41, 5.74) is 11.8. The minimum Gasteiger partial charge on any atom is -0.480 e. The van der Waals surface area contributed by atoms with Crippen LogP contribution in [0.15, 0.2) is 54.6 Å². The molecule has 12 heteroatoms. The van der Waals surface area contributed by atoms with E-state index in [-0.39, 0.29) is 24.1 Å². The van der Waals surface area contributed by atoms with Gasteiger partial charge in [0.1, 0.15) is 5.82 Å². The number of pyridine rings is 1. The summed E-state index contributed by atoms with van der Waals surface area (Å²) in [5, 5.41) is 16.6. The standard InChI is InChI=1S/C30H32FN9O2/c31-23-16-21(38-14-12-37(13-15-38)18-26(41)42)6-7-24(23)33-30-35-29(32)40(36-30)25-17-22(19-4-2-1-3-5-19)28-27(34-25)20-8-10-39(28)11-9-20/h1-7,16-17,20H,8-15,18H2,(H,41,42)(H3,32,33,35,36). The van der Waals surface area contributed by atoms with Crippen molar-refractivity contribution in [2.45, 2.75) is 18.8 Å². The second-order valence-electron chi connectivity index (χ2n) is 11.0. The Morgan fingerprint density at radius 1 is 0.976 bits per heavy atom. The second kappa shape index (κ2) is 10.6. The smallest absolute Gasteiger partial charge is 0.317 e. The van der Waals surface area contributed by atoms with Crippen molar-refractivity contribution in [2.75, 3.05) is 66.7 Å². The van der Waals surface area contributed by atoms with E-state index in [1.807, 2.05) is 40.1 Å². The number of hydrogen-bond donors (Lipinski definition) is 3. The van der Waals surface area contributed by atoms with Crippen LogP contribution < -0.4 is 20.9 Å². The fourth-order valence-electron chi connectivity index (χ4n) is 6.31. The zero-order valence-corrected chi connectivity index (χ0v) is 23.1. The first-order chi connectivity index (χ1) is 20.4. The minimum atomic E-state index is -0.842. The van der Waals surface area contributed by atoms with Gasteiger partial charge in [-0.25, -0.2) is 9.37 Å². The minimum absolute atomic E-state index is 0.0153. The van der Waals surface area contributed by atoms with Crippen molar-refractivity contribution in [3.63, 3.8) is 0 Å². The van der Waals surface area contributed by atoms with Gasteiger partial charge in [0.15, 0.2) is 5.82 Å². The van der Waals surface area contributed by atoms with Crippen LogP contribution in [-0.4, -0.2) is 81.5 Å². The van der Waals surface area contributed by atoms with Crippen molar-refractivity contribution >= 4 is 34.9 Å². The first-order valence-electron chi connectivity index (χ1n) is 14.3. The van der Waals surface area contributed by atoms with Crippen molar-refractivity contribution < 1.29 is 14.3 Å². The van der Waals surface area contributed by atoms with Gasteiger partial charge in [0.25, 0.3) is 0 Å². The lowest BCUT2D eigenvalue weighted by atomic mass is 9.84. The van der Waals surface area contributed by atoms with Crippen molar-refractivity contribution in [2.24, 2.45) is 0 Å². The first kappa shape index (κ1) is 26.2. The monoisotopic (exact) mass is 569 g/mol. The Hall–Kier alpha value is -4.71. The second-order valence-corrected chi connectivity index (χ2v) is 11.0. The van der Waals surface area contributed by atoms with Crippen LogP contribution in [-0.2, 0) is 4.79 Å². The highest BCUT2D eigenvalue weighted by atomic mass is 19.1. The Balaban J connectivity index is 1.14. The number of piperidine rings is 1. The highest BCUT2D eigenvalue weighted by molar-refractivity contribution is 5.83. The number of carboxylic acids is 1. The topological polar surface area (TPSA) is 129 Å². The molecule has 2 bridgehead atoms. The molecule has 11 nitrogen and oxygen atoms in total. The molecule has 216 valence electrons. The van der Waals surface area contributed by atoms with Crippen molar-refractivity contribution in [1.82, 2.24) is 24.6 Å². The van der Waals surface area contributed by atoms with Gasteiger partial charge in [-0.05, 0) is 42.7 Å². The molecule has 6 heterocycles. The van der Waals surface area contributed by atoms with Crippen LogP contribution >= 0.6 is 0 Å². The van der Waals surface area contributed by atoms with Gasteiger partial charge in [0, 0.05) is 56.4 Å². The molecular formula is C30H32FN9O2. The number of aliphatic carboxylic acids is 1. The quantitative estimate of drug-likeness (QED) is 0.303. The lowest BCUT2D eigenvalue weighted by Crippen LogP contribution is -2.48. The Morgan fingerprint density at radius 3 is 2.45 bits per heavy atom. The molecule has 0 unspecified atom stereocenters. The summed E-state index contributed by atoms with van der Waals surface area (Å²) in [5.74, 6) is 0.0122. The number of rotatable bonds is 7. The van der Waals surface area contributed by atoms with Gasteiger partial charge < -0.3 is 26.0 Å². The number of fused-ring (bicyclic) bond motifs is 2. The summed E-state index contributed by atoms with van der Waals surface area (Å²) < 4.78 is 16.7. The maximum atomic E-state index is 15.2. The van der Waals surface area contributed by atoms with Gasteiger partial charge in [0.05, 0.1) is 23.6 Å². The zero-order chi connectivity index (χ0) is 28.8. The summed E-state index contributed by atoms with van der Waals surface area (Å²) in [4.78, 5) is 26.7. The molecule has 2 aromatic heterocycles. The fraction of sp³-hybridized carbons (Fsp3) is 0.333. The van der Waals surface area contributed by atoms with E-state index in [2.05, 4.69) is 32.4 Å². The van der Waals surface area contributed by atoms with Crippen LogP contribution in [0, 0.1) is 5.82 Å². The van der Waals surface area contributed by atoms with Crippen LogP contribution in [0.3, 0.4) is 0 Å². The highest BCUT2D eigenvalue weighted by Gasteiger charge is 2.35. The predicted molar refractivity (Wildman–Crippen MR) is 159 cm³/mol. The van der Waals surface area contributed by atoms with Crippen LogP contribution in [0.2, 0.25) is 0 Å². The normalized spacial score (nSPS) is 17.0. The van der Waals surface area contributed by atoms with E-state index in [4.69, 9.17) is 15.8 Å². The third-order valence-electron chi connectivity index (χ3n) is 8.43. The molecule has 0 aliphatic carbocycles. The fourth-order valence-corrected chi connectivity index (χ4v) is 6.31. The molecular weight excluding hydrogens is 537 g/mol. The number of nitrogens with one attached hydrogen (secondary N) is 1. The Kier molecular flexibility index (Phi) is 6.62. The van der Waals surface area contributed by atoms with Gasteiger partial charge in [-0.1, -0.05) is 30.3 Å². The summed E-state index contributed by atoms with van der Waals surface area (Å²) in [6.45, 7) is 4.54. The van der Waals surface area contributed by atoms with Gasteiger partial charge in [-0.2, -0.15) is 9.67 Å². The van der Waals surface area contributed by atoms with E-state index in [9.17, 15) is 4.79 Å². The third kappa shape index (κ3) is 4.87. The van der Waals surface area contributed by atoms with E-state index < -0.39 is 11.8 Å². The molecule has 2 aromatic carbocycles. The van der Waals surface area contributed by atoms with E-state index in [1.54, 1.807) is 6.07 Å². The lowest BCUT2D eigenvalue weighted by Gasteiger charge is -2.42. The summed E-state index contributed by atoms with van der Waals surface area (Å²) in [7, 11) is 0. The molecule has 4 aromatic rings. The number of piperazine rings is 1. The van der Waals surface area contributed by atoms with Gasteiger partial charge in [-0.3, -0.25) is 9.69 Å². The number of anilines is 5. The SMILES string of the molecule is Nc1nc(Nc2ccc(N3CCN(CC(=O)O)CC3)cc2F)nn1-c1cc(-c2ccccc2)c2c(n1)C1CCN2CC1. The molecule has 4 aliphatic heterocycles. The number of halogens is 1. The molecule has 8 rings (SSSR count). The van der Waals surface area contributed by atoms with Crippen LogP contribution in [0.1, 0.15) is 24.5 Å². The molecule has 0 saturated carbocycles. The Bertz CT molecular complexity index is 1630. The van der Waals surface area contributed by atoms with Crippen molar-refractivity contribution in [1.29, 1.82) is 0 Å². The van der Waals surface area contributed by atoms with E-state index in [0.29, 0.717) is 37.9 Å². The largest absolute Gasteiger partial charge is 0.480 e. The number of aromatic nitrogens is 4. The zero-order valence-electron chi connectivity index (χ0n) is 23.1. The number of nitrogens with zero attached hydrogens (tertiary/aromatic N) is 7. The predicted octanol–water partition coefficient (Wildman–Crippen LogP) is 3.70. The van der Waals surface area contributed by atoms with Crippen LogP contribution in [0.25, 0.3) is 16.9 Å². The molecule has 4 aliphatic rings. The highest BCUT2D eigenvalue weighted by Crippen LogP contribution is 2.46. The maximum Gasteiger partial charge on any atom is 0.317 e. The summed E-state index contributed by atoms with van der Waals surface area (Å²) in [6, 6.07) is 17.2.